The molecule has 31 heavy (non-hydrogen) atoms. The van der Waals surface area contributed by atoms with Gasteiger partial charge in [0.15, 0.2) is 0 Å². The Balaban J connectivity index is 1.63. The molecule has 2 amide bonds. The molecule has 3 rings (SSSR count). The second kappa shape index (κ2) is 9.41. The van der Waals surface area contributed by atoms with Gasteiger partial charge in [-0.25, -0.2) is 4.79 Å². The highest BCUT2D eigenvalue weighted by atomic mass is 16.5. The van der Waals surface area contributed by atoms with Gasteiger partial charge in [-0.3, -0.25) is 9.59 Å². The number of carbonyl (C=O) groups is 3. The third kappa shape index (κ3) is 4.68. The van der Waals surface area contributed by atoms with E-state index in [1.807, 2.05) is 19.9 Å². The Bertz CT molecular complexity index is 929. The van der Waals surface area contributed by atoms with Crippen molar-refractivity contribution in [3.63, 3.8) is 0 Å². The van der Waals surface area contributed by atoms with Crippen molar-refractivity contribution in [3.8, 4) is 11.5 Å². The Morgan fingerprint density at radius 1 is 1.29 bits per heavy atom. The van der Waals surface area contributed by atoms with Crippen LogP contribution in [-0.2, 0) is 27.4 Å². The maximum atomic E-state index is 12.5. The standard InChI is InChI=1S/C23H30N2O6/c1-13(5-7-18(26)25-10-8-15(9-11-25)22(24)28)4-6-16-20(27)19-17(12-31-23(19)29)14(2)21(16)30-3/h4,15,27H,5-12H2,1-3H3,(H2,24,28)/b13-4+. The number of primary amides is 1. The summed E-state index contributed by atoms with van der Waals surface area (Å²) in [5.74, 6) is -0.441. The van der Waals surface area contributed by atoms with Crippen molar-refractivity contribution >= 4 is 17.8 Å². The minimum Gasteiger partial charge on any atom is -0.507 e. The number of phenols is 1. The number of hydrogen-bond acceptors (Lipinski definition) is 6. The molecule has 0 aliphatic carbocycles. The van der Waals surface area contributed by atoms with Crippen LogP contribution in [0.5, 0.6) is 11.5 Å². The van der Waals surface area contributed by atoms with Crippen LogP contribution in [-0.4, -0.2) is 48.0 Å². The van der Waals surface area contributed by atoms with E-state index in [2.05, 4.69) is 0 Å². The summed E-state index contributed by atoms with van der Waals surface area (Å²) in [6, 6.07) is 0. The average molecular weight is 431 g/mol. The SMILES string of the molecule is COc1c(C)c2c(c(O)c1C/C=C(\C)CCC(=O)N1CCC(C(N)=O)CC1)C(=O)OC2. The Morgan fingerprint density at radius 3 is 2.58 bits per heavy atom. The summed E-state index contributed by atoms with van der Waals surface area (Å²) >= 11 is 0. The lowest BCUT2D eigenvalue weighted by atomic mass is 9.94. The molecule has 1 saturated heterocycles. The van der Waals surface area contributed by atoms with Crippen LogP contribution < -0.4 is 10.5 Å². The van der Waals surface area contributed by atoms with Gasteiger partial charge in [-0.15, -0.1) is 0 Å². The van der Waals surface area contributed by atoms with Crippen LogP contribution in [0.1, 0.15) is 59.7 Å². The van der Waals surface area contributed by atoms with Crippen LogP contribution in [0.2, 0.25) is 0 Å². The summed E-state index contributed by atoms with van der Waals surface area (Å²) in [7, 11) is 1.53. The van der Waals surface area contributed by atoms with Crippen LogP contribution in [0.25, 0.3) is 0 Å². The van der Waals surface area contributed by atoms with Crippen molar-refractivity contribution in [2.75, 3.05) is 20.2 Å². The molecule has 1 fully saturated rings. The number of aromatic hydroxyl groups is 1. The third-order valence-electron chi connectivity index (χ3n) is 6.29. The first-order valence-electron chi connectivity index (χ1n) is 10.6. The van der Waals surface area contributed by atoms with E-state index in [-0.39, 0.29) is 35.7 Å². The van der Waals surface area contributed by atoms with Gasteiger partial charge in [0.1, 0.15) is 23.7 Å². The normalized spacial score (nSPS) is 16.8. The molecule has 2 aliphatic rings. The van der Waals surface area contributed by atoms with Crippen molar-refractivity contribution < 1.29 is 29.0 Å². The quantitative estimate of drug-likeness (QED) is 0.506. The van der Waals surface area contributed by atoms with Crippen molar-refractivity contribution in [2.24, 2.45) is 11.7 Å². The van der Waals surface area contributed by atoms with Gasteiger partial charge >= 0.3 is 5.97 Å². The zero-order valence-corrected chi connectivity index (χ0v) is 18.3. The summed E-state index contributed by atoms with van der Waals surface area (Å²) < 4.78 is 10.6. The predicted molar refractivity (Wildman–Crippen MR) is 114 cm³/mol. The molecule has 0 aromatic heterocycles. The number of nitrogens with two attached hydrogens (primary N) is 1. The number of phenolic OH excluding ortho intramolecular Hbond substituents is 1. The number of likely N-dealkylation sites (tertiary alicyclic amines) is 1. The number of cyclic esters (lactones) is 1. The van der Waals surface area contributed by atoms with Gasteiger partial charge in [-0.1, -0.05) is 11.6 Å². The third-order valence-corrected chi connectivity index (χ3v) is 6.29. The van der Waals surface area contributed by atoms with E-state index in [9.17, 15) is 19.5 Å². The number of piperidine rings is 1. The summed E-state index contributed by atoms with van der Waals surface area (Å²) in [5.41, 5.74) is 8.55. The topological polar surface area (TPSA) is 119 Å². The first-order chi connectivity index (χ1) is 14.7. The second-order valence-electron chi connectivity index (χ2n) is 8.23. The fraction of sp³-hybridized carbons (Fsp3) is 0.522. The number of ether oxygens (including phenoxy) is 2. The average Bonchev–Trinajstić information content (AvgIpc) is 3.15. The zero-order chi connectivity index (χ0) is 22.7. The molecular formula is C23H30N2O6. The molecule has 0 bridgehead atoms. The summed E-state index contributed by atoms with van der Waals surface area (Å²) in [6.07, 6.45) is 4.52. The lowest BCUT2D eigenvalue weighted by molar-refractivity contribution is -0.134. The first kappa shape index (κ1) is 22.7. The molecule has 1 aromatic carbocycles. The fourth-order valence-electron chi connectivity index (χ4n) is 4.28. The molecule has 8 nitrogen and oxygen atoms in total. The van der Waals surface area contributed by atoms with E-state index in [0.717, 1.165) is 11.1 Å². The highest BCUT2D eigenvalue weighted by Gasteiger charge is 2.32. The smallest absolute Gasteiger partial charge is 0.342 e. The van der Waals surface area contributed by atoms with E-state index >= 15 is 0 Å². The molecule has 2 heterocycles. The van der Waals surface area contributed by atoms with Crippen LogP contribution in [0.3, 0.4) is 0 Å². The Hall–Kier alpha value is -3.03. The monoisotopic (exact) mass is 430 g/mol. The molecule has 0 unspecified atom stereocenters. The Morgan fingerprint density at radius 2 is 1.97 bits per heavy atom. The highest BCUT2D eigenvalue weighted by molar-refractivity contribution is 5.98. The Labute approximate surface area is 182 Å². The molecule has 1 aromatic rings. The first-order valence-corrected chi connectivity index (χ1v) is 10.6. The number of benzene rings is 1. The van der Waals surface area contributed by atoms with Gasteiger partial charge in [-0.05, 0) is 45.1 Å². The fourth-order valence-corrected chi connectivity index (χ4v) is 4.28. The summed E-state index contributed by atoms with van der Waals surface area (Å²) in [6.45, 7) is 5.04. The van der Waals surface area contributed by atoms with Gasteiger partial charge in [0.25, 0.3) is 0 Å². The second-order valence-corrected chi connectivity index (χ2v) is 8.23. The van der Waals surface area contributed by atoms with Crippen molar-refractivity contribution in [3.05, 3.63) is 33.9 Å². The minimum absolute atomic E-state index is 0.0622. The lowest BCUT2D eigenvalue weighted by Gasteiger charge is -2.30. The number of rotatable bonds is 7. The van der Waals surface area contributed by atoms with E-state index in [1.165, 1.54) is 7.11 Å². The van der Waals surface area contributed by atoms with E-state index in [4.69, 9.17) is 15.2 Å². The number of amides is 2. The number of esters is 1. The van der Waals surface area contributed by atoms with Gasteiger partial charge < -0.3 is 25.2 Å². The van der Waals surface area contributed by atoms with E-state index in [1.54, 1.807) is 4.90 Å². The molecule has 2 aliphatic heterocycles. The van der Waals surface area contributed by atoms with Crippen LogP contribution in [0.4, 0.5) is 0 Å². The number of methoxy groups -OCH3 is 1. The van der Waals surface area contributed by atoms with Crippen molar-refractivity contribution in [1.82, 2.24) is 4.90 Å². The predicted octanol–water partition coefficient (Wildman–Crippen LogP) is 2.37. The summed E-state index contributed by atoms with van der Waals surface area (Å²) in [5, 5.41) is 10.7. The molecule has 0 saturated carbocycles. The number of allylic oxidation sites excluding steroid dienone is 2. The van der Waals surface area contributed by atoms with Crippen molar-refractivity contribution in [2.45, 2.75) is 52.6 Å². The van der Waals surface area contributed by atoms with Crippen LogP contribution in [0.15, 0.2) is 11.6 Å². The molecule has 168 valence electrons. The number of carbonyl (C=O) groups excluding carboxylic acids is 3. The van der Waals surface area contributed by atoms with Gasteiger partial charge in [0.2, 0.25) is 11.8 Å². The molecule has 0 radical (unpaired) electrons. The lowest BCUT2D eigenvalue weighted by Crippen LogP contribution is -2.41. The molecule has 3 N–H and O–H groups in total. The Kier molecular flexibility index (Phi) is 6.87. The van der Waals surface area contributed by atoms with Crippen LogP contribution in [0, 0.1) is 12.8 Å². The zero-order valence-electron chi connectivity index (χ0n) is 18.3. The maximum absolute atomic E-state index is 12.5. The molecule has 8 heteroatoms. The van der Waals surface area contributed by atoms with Gasteiger partial charge in [0, 0.05) is 36.6 Å². The summed E-state index contributed by atoms with van der Waals surface area (Å²) in [4.78, 5) is 37.5. The molecular weight excluding hydrogens is 400 g/mol. The molecule has 0 atom stereocenters. The number of hydrogen-bond donors (Lipinski definition) is 2. The van der Waals surface area contributed by atoms with Gasteiger partial charge in [-0.2, -0.15) is 0 Å². The largest absolute Gasteiger partial charge is 0.507 e. The highest BCUT2D eigenvalue weighted by Crippen LogP contribution is 2.42. The van der Waals surface area contributed by atoms with Gasteiger partial charge in [0.05, 0.1) is 7.11 Å². The van der Waals surface area contributed by atoms with Crippen molar-refractivity contribution in [1.29, 1.82) is 0 Å². The minimum atomic E-state index is -0.522. The van der Waals surface area contributed by atoms with Crippen LogP contribution >= 0.6 is 0 Å². The maximum Gasteiger partial charge on any atom is 0.342 e. The van der Waals surface area contributed by atoms with E-state index < -0.39 is 5.97 Å². The molecule has 0 spiro atoms. The van der Waals surface area contributed by atoms with E-state index in [0.29, 0.717) is 62.1 Å². The number of fused-ring (bicyclic) bond motifs is 1. The number of nitrogens with zero attached hydrogens (tertiary/aromatic N) is 1.